The quantitative estimate of drug-likeness (QED) is 0.0734. The molecule has 0 N–H and O–H groups in total. The summed E-state index contributed by atoms with van der Waals surface area (Å²) in [5.41, 5.74) is 1.07. The van der Waals surface area contributed by atoms with E-state index in [1.807, 2.05) is 60.7 Å². The van der Waals surface area contributed by atoms with Crippen molar-refractivity contribution in [3.8, 4) is 0 Å². The smallest absolute Gasteiger partial charge is 0.193 e. The van der Waals surface area contributed by atoms with Crippen LogP contribution in [0.2, 0.25) is 54.4 Å². The minimum atomic E-state index is -2.90. The Balaban J connectivity index is 1.97. The third-order valence-corrected chi connectivity index (χ3v) is 29.5. The van der Waals surface area contributed by atoms with Crippen LogP contribution in [0.5, 0.6) is 0 Å². The molecule has 1 unspecified atom stereocenters. The summed E-state index contributed by atoms with van der Waals surface area (Å²) in [5.74, 6) is 0.0862. The van der Waals surface area contributed by atoms with Gasteiger partial charge in [-0.15, -0.1) is 0 Å². The van der Waals surface area contributed by atoms with Gasteiger partial charge in [-0.2, -0.15) is 0 Å². The third kappa shape index (κ3) is 11.2. The zero-order valence-electron chi connectivity index (χ0n) is 35.7. The first-order valence-corrected chi connectivity index (χ1v) is 30.4. The SMILES string of the molecule is C=C1C(CCP(=O)(c2ccccc2)c2ccccc2)C[C@@H](O[Si](C)(C)C(C)(C)C)[C@@H](OCCCCO[Si](C)(C)C(C)(C)C)[C@@H]1O[Si](C)(C)C(C)(C)C. The summed E-state index contributed by atoms with van der Waals surface area (Å²) in [7, 11) is -9.15. The molecule has 0 spiro atoms. The van der Waals surface area contributed by atoms with Crippen LogP contribution in [0.1, 0.15) is 88.0 Å². The van der Waals surface area contributed by atoms with Crippen LogP contribution in [-0.4, -0.2) is 62.6 Å². The van der Waals surface area contributed by atoms with Gasteiger partial charge in [-0.1, -0.05) is 130 Å². The lowest BCUT2D eigenvalue weighted by atomic mass is 9.78. The van der Waals surface area contributed by atoms with E-state index in [1.165, 1.54) is 0 Å². The molecule has 2 aromatic carbocycles. The normalized spacial score (nSPS) is 21.4. The number of unbranched alkanes of at least 4 members (excludes halogenated alkanes) is 1. The fourth-order valence-corrected chi connectivity index (χ4v) is 12.6. The average molecular weight is 787 g/mol. The van der Waals surface area contributed by atoms with Gasteiger partial charge in [0, 0.05) is 30.0 Å². The van der Waals surface area contributed by atoms with Gasteiger partial charge in [-0.3, -0.25) is 0 Å². The zero-order chi connectivity index (χ0) is 39.4. The Labute approximate surface area is 322 Å². The van der Waals surface area contributed by atoms with Crippen molar-refractivity contribution in [1.29, 1.82) is 0 Å². The molecular weight excluding hydrogens is 712 g/mol. The molecule has 0 saturated heterocycles. The molecule has 5 nitrogen and oxygen atoms in total. The lowest BCUT2D eigenvalue weighted by Gasteiger charge is -2.50. The molecule has 0 bridgehead atoms. The number of hydrogen-bond donors (Lipinski definition) is 0. The molecule has 2 aromatic rings. The fraction of sp³-hybridized carbons (Fsp3) is 0.674. The highest BCUT2D eigenvalue weighted by atomic mass is 31.2. The van der Waals surface area contributed by atoms with Gasteiger partial charge >= 0.3 is 0 Å². The van der Waals surface area contributed by atoms with Gasteiger partial charge in [0.2, 0.25) is 0 Å². The van der Waals surface area contributed by atoms with Crippen LogP contribution in [0, 0.1) is 5.92 Å². The van der Waals surface area contributed by atoms with Crippen molar-refractivity contribution in [2.45, 2.75) is 161 Å². The molecule has 0 aromatic heterocycles. The minimum Gasteiger partial charge on any atom is -0.417 e. The van der Waals surface area contributed by atoms with E-state index in [0.717, 1.165) is 48.5 Å². The van der Waals surface area contributed by atoms with Gasteiger partial charge in [-0.25, -0.2) is 0 Å². The Morgan fingerprint density at radius 2 is 1.12 bits per heavy atom. The largest absolute Gasteiger partial charge is 0.417 e. The van der Waals surface area contributed by atoms with E-state index in [0.29, 0.717) is 12.8 Å². The molecule has 9 heteroatoms. The second kappa shape index (κ2) is 17.4. The van der Waals surface area contributed by atoms with Crippen molar-refractivity contribution < 1.29 is 22.6 Å². The second-order valence-corrected chi connectivity index (χ2v) is 37.1. The van der Waals surface area contributed by atoms with Crippen molar-refractivity contribution in [2.75, 3.05) is 19.4 Å². The fourth-order valence-electron chi connectivity index (χ4n) is 6.06. The van der Waals surface area contributed by atoms with Crippen molar-refractivity contribution in [2.24, 2.45) is 5.92 Å². The Bertz CT molecular complexity index is 1430. The van der Waals surface area contributed by atoms with Crippen LogP contribution in [0.15, 0.2) is 72.8 Å². The van der Waals surface area contributed by atoms with Crippen LogP contribution in [0.25, 0.3) is 0 Å². The number of hydrogen-bond acceptors (Lipinski definition) is 5. The van der Waals surface area contributed by atoms with Crippen LogP contribution >= 0.6 is 7.14 Å². The zero-order valence-corrected chi connectivity index (χ0v) is 39.6. The van der Waals surface area contributed by atoms with Crippen molar-refractivity contribution in [3.63, 3.8) is 0 Å². The molecule has 0 radical (unpaired) electrons. The summed E-state index contributed by atoms with van der Waals surface area (Å²) in [6.45, 7) is 40.8. The molecular formula is C43H75O5PSi3. The number of rotatable bonds is 16. The third-order valence-electron chi connectivity index (χ3n) is 12.8. The summed E-state index contributed by atoms with van der Waals surface area (Å²) >= 11 is 0. The average Bonchev–Trinajstić information content (AvgIpc) is 3.03. The molecule has 0 amide bonds. The number of benzene rings is 2. The summed E-state index contributed by atoms with van der Waals surface area (Å²) in [5, 5.41) is 2.06. The van der Waals surface area contributed by atoms with Crippen molar-refractivity contribution in [3.05, 3.63) is 72.8 Å². The van der Waals surface area contributed by atoms with Crippen LogP contribution < -0.4 is 10.6 Å². The van der Waals surface area contributed by atoms with Gasteiger partial charge in [0.1, 0.15) is 13.2 Å². The van der Waals surface area contributed by atoms with Gasteiger partial charge in [0.15, 0.2) is 25.0 Å². The predicted molar refractivity (Wildman–Crippen MR) is 233 cm³/mol. The van der Waals surface area contributed by atoms with Gasteiger partial charge in [0.05, 0.1) is 12.2 Å². The van der Waals surface area contributed by atoms with Crippen molar-refractivity contribution in [1.82, 2.24) is 0 Å². The van der Waals surface area contributed by atoms with E-state index in [9.17, 15) is 0 Å². The standard InChI is InChI=1S/C43H75O5PSi3/c1-34-35(29-32-49(44,36-25-19-17-20-26-36)37-27-21-18-22-28-37)33-38(47-51(13,14)42(5,6)7)40(39(34)48-52(15,16)43(8,9)10)45-30-23-24-31-46-50(11,12)41(2,3)4/h17-22,25-28,35,38-40H,1,23-24,29-33H2,2-16H3/t35?,38-,39-,40-/m1/s1. The molecule has 4 atom stereocenters. The monoisotopic (exact) mass is 786 g/mol. The van der Waals surface area contributed by atoms with E-state index in [2.05, 4.69) is 102 Å². The Morgan fingerprint density at radius 1 is 0.673 bits per heavy atom. The van der Waals surface area contributed by atoms with E-state index in [-0.39, 0.29) is 39.3 Å². The van der Waals surface area contributed by atoms with Crippen LogP contribution in [0.3, 0.4) is 0 Å². The Morgan fingerprint density at radius 3 is 1.58 bits per heavy atom. The molecule has 1 fully saturated rings. The summed E-state index contributed by atoms with van der Waals surface area (Å²) < 4.78 is 43.3. The maximum Gasteiger partial charge on any atom is 0.193 e. The molecule has 294 valence electrons. The first kappa shape index (κ1) is 45.3. The first-order valence-electron chi connectivity index (χ1n) is 19.7. The molecule has 1 aliphatic rings. The lowest BCUT2D eigenvalue weighted by Crippen LogP contribution is -2.58. The molecule has 1 saturated carbocycles. The van der Waals surface area contributed by atoms with Crippen molar-refractivity contribution >= 4 is 42.7 Å². The highest BCUT2D eigenvalue weighted by Gasteiger charge is 2.50. The van der Waals surface area contributed by atoms with Gasteiger partial charge in [-0.05, 0) is 91.6 Å². The molecule has 0 aliphatic heterocycles. The molecule has 1 aliphatic carbocycles. The molecule has 0 heterocycles. The van der Waals surface area contributed by atoms with Crippen LogP contribution in [0.4, 0.5) is 0 Å². The summed E-state index contributed by atoms with van der Waals surface area (Å²) in [4.78, 5) is 0. The second-order valence-electron chi connectivity index (χ2n) is 19.8. The van der Waals surface area contributed by atoms with E-state index in [1.54, 1.807) is 0 Å². The van der Waals surface area contributed by atoms with E-state index in [4.69, 9.17) is 24.6 Å². The summed E-state index contributed by atoms with van der Waals surface area (Å²) in [6, 6.07) is 20.1. The minimum absolute atomic E-state index is 0.0119. The predicted octanol–water partition coefficient (Wildman–Crippen LogP) is 11.9. The van der Waals surface area contributed by atoms with Crippen LogP contribution in [-0.2, 0) is 22.6 Å². The Hall–Kier alpha value is -1.10. The first-order chi connectivity index (χ1) is 23.7. The Kier molecular flexibility index (Phi) is 15.1. The molecule has 3 rings (SSSR count). The topological polar surface area (TPSA) is 54.0 Å². The molecule has 52 heavy (non-hydrogen) atoms. The maximum atomic E-state index is 15.1. The van der Waals surface area contributed by atoms with E-state index < -0.39 is 32.1 Å². The highest BCUT2D eigenvalue weighted by molar-refractivity contribution is 7.78. The van der Waals surface area contributed by atoms with Gasteiger partial charge in [0.25, 0.3) is 0 Å². The number of ether oxygens (including phenoxy) is 1. The highest BCUT2D eigenvalue weighted by Crippen LogP contribution is 2.49. The lowest BCUT2D eigenvalue weighted by molar-refractivity contribution is -0.102. The maximum absolute atomic E-state index is 15.1. The van der Waals surface area contributed by atoms with E-state index >= 15 is 4.57 Å². The van der Waals surface area contributed by atoms with Gasteiger partial charge < -0.3 is 22.6 Å². The summed E-state index contributed by atoms with van der Waals surface area (Å²) in [6.07, 6.45) is 3.25.